The zero-order valence-corrected chi connectivity index (χ0v) is 12.0. The molecule has 1 aliphatic heterocycles. The summed E-state index contributed by atoms with van der Waals surface area (Å²) in [5, 5.41) is 20.3. The topological polar surface area (TPSA) is 69.8 Å². The lowest BCUT2D eigenvalue weighted by Crippen LogP contribution is -2.42. The Kier molecular flexibility index (Phi) is 4.57. The van der Waals surface area contributed by atoms with Gasteiger partial charge in [-0.3, -0.25) is 10.1 Å². The molecule has 0 bridgehead atoms. The van der Waals surface area contributed by atoms with Gasteiger partial charge in [-0.05, 0) is 38.6 Å². The molecule has 20 heavy (non-hydrogen) atoms. The molecule has 1 heterocycles. The first-order valence-electron chi connectivity index (χ1n) is 6.82. The molecule has 2 rings (SSSR count). The van der Waals surface area contributed by atoms with E-state index < -0.39 is 0 Å². The second-order valence-electron chi connectivity index (χ2n) is 5.42. The van der Waals surface area contributed by atoms with Crippen molar-refractivity contribution in [2.24, 2.45) is 0 Å². The molecule has 6 nitrogen and oxygen atoms in total. The van der Waals surface area contributed by atoms with Gasteiger partial charge >= 0.3 is 0 Å². The van der Waals surface area contributed by atoms with Crippen LogP contribution in [-0.2, 0) is 6.61 Å². The number of benzene rings is 1. The summed E-state index contributed by atoms with van der Waals surface area (Å²) in [6.07, 6.45) is 2.01. The summed E-state index contributed by atoms with van der Waals surface area (Å²) >= 11 is 0. The van der Waals surface area contributed by atoms with Gasteiger partial charge in [-0.25, -0.2) is 0 Å². The highest BCUT2D eigenvalue weighted by molar-refractivity contribution is 5.64. The van der Waals surface area contributed by atoms with Crippen LogP contribution in [-0.4, -0.2) is 48.2 Å². The number of piperidine rings is 1. The van der Waals surface area contributed by atoms with E-state index in [1.165, 1.54) is 6.07 Å². The number of nitro benzene ring substituents is 1. The normalized spacial score (nSPS) is 16.7. The first-order valence-corrected chi connectivity index (χ1v) is 6.82. The molecule has 0 aliphatic carbocycles. The SMILES string of the molecule is CN(C)C1CCN(c2ccc(CO)cc2[N+](=O)[O-])CC1. The van der Waals surface area contributed by atoms with Crippen molar-refractivity contribution in [2.75, 3.05) is 32.1 Å². The molecule has 110 valence electrons. The maximum absolute atomic E-state index is 11.2. The minimum atomic E-state index is -0.369. The quantitative estimate of drug-likeness (QED) is 0.670. The standard InChI is InChI=1S/C14H21N3O3/c1-15(2)12-5-7-16(8-6-12)13-4-3-11(10-18)9-14(13)17(19)20/h3-4,9,12,18H,5-8,10H2,1-2H3. The van der Waals surface area contributed by atoms with Crippen LogP contribution in [0.5, 0.6) is 0 Å². The van der Waals surface area contributed by atoms with Gasteiger partial charge in [-0.15, -0.1) is 0 Å². The first kappa shape index (κ1) is 14.7. The third kappa shape index (κ3) is 3.08. The number of nitrogens with zero attached hydrogens (tertiary/aromatic N) is 3. The summed E-state index contributed by atoms with van der Waals surface area (Å²) in [6, 6.07) is 5.51. The number of aliphatic hydroxyl groups excluding tert-OH is 1. The molecular formula is C14H21N3O3. The van der Waals surface area contributed by atoms with Crippen LogP contribution in [0.3, 0.4) is 0 Å². The molecule has 0 spiro atoms. The Labute approximate surface area is 118 Å². The largest absolute Gasteiger partial charge is 0.392 e. The molecular weight excluding hydrogens is 258 g/mol. The van der Waals surface area contributed by atoms with Crippen molar-refractivity contribution in [2.45, 2.75) is 25.5 Å². The molecule has 0 saturated carbocycles. The van der Waals surface area contributed by atoms with Crippen molar-refractivity contribution >= 4 is 11.4 Å². The monoisotopic (exact) mass is 279 g/mol. The Morgan fingerprint density at radius 3 is 2.55 bits per heavy atom. The van der Waals surface area contributed by atoms with Gasteiger partial charge in [-0.2, -0.15) is 0 Å². The summed E-state index contributed by atoms with van der Waals surface area (Å²) in [7, 11) is 4.14. The number of nitro groups is 1. The highest BCUT2D eigenvalue weighted by Gasteiger charge is 2.25. The number of rotatable bonds is 4. The zero-order valence-electron chi connectivity index (χ0n) is 12.0. The Balaban J connectivity index is 2.19. The van der Waals surface area contributed by atoms with Crippen molar-refractivity contribution in [3.8, 4) is 0 Å². The van der Waals surface area contributed by atoms with E-state index >= 15 is 0 Å². The van der Waals surface area contributed by atoms with Gasteiger partial charge < -0.3 is 14.9 Å². The van der Waals surface area contributed by atoms with Gasteiger partial charge in [0.05, 0.1) is 11.5 Å². The third-order valence-corrected chi connectivity index (χ3v) is 3.95. The molecule has 0 radical (unpaired) electrons. The van der Waals surface area contributed by atoms with Gasteiger partial charge in [0.1, 0.15) is 5.69 Å². The van der Waals surface area contributed by atoms with Gasteiger partial charge in [0.15, 0.2) is 0 Å². The highest BCUT2D eigenvalue weighted by Crippen LogP contribution is 2.31. The molecule has 1 fully saturated rings. The first-order chi connectivity index (χ1) is 9.52. The summed E-state index contributed by atoms with van der Waals surface area (Å²) < 4.78 is 0. The summed E-state index contributed by atoms with van der Waals surface area (Å²) in [5.74, 6) is 0. The maximum Gasteiger partial charge on any atom is 0.292 e. The van der Waals surface area contributed by atoms with Crippen LogP contribution in [0.2, 0.25) is 0 Å². The number of hydrogen-bond donors (Lipinski definition) is 1. The predicted octanol–water partition coefficient (Wildman–Crippen LogP) is 1.62. The van der Waals surface area contributed by atoms with E-state index in [1.807, 2.05) is 0 Å². The van der Waals surface area contributed by atoms with Crippen LogP contribution in [0.4, 0.5) is 11.4 Å². The van der Waals surface area contributed by atoms with Gasteiger partial charge in [0.2, 0.25) is 0 Å². The molecule has 1 aliphatic rings. The summed E-state index contributed by atoms with van der Waals surface area (Å²) in [5.41, 5.74) is 1.31. The summed E-state index contributed by atoms with van der Waals surface area (Å²) in [6.45, 7) is 1.47. The van der Waals surface area contributed by atoms with E-state index in [0.717, 1.165) is 25.9 Å². The highest BCUT2D eigenvalue weighted by atomic mass is 16.6. The Hall–Kier alpha value is -1.66. The molecule has 0 aromatic heterocycles. The van der Waals surface area contributed by atoms with Gasteiger partial charge in [0, 0.05) is 25.2 Å². The van der Waals surface area contributed by atoms with Crippen molar-refractivity contribution in [1.29, 1.82) is 0 Å². The minimum Gasteiger partial charge on any atom is -0.392 e. The average Bonchev–Trinajstić information content (AvgIpc) is 2.46. The summed E-state index contributed by atoms with van der Waals surface area (Å²) in [4.78, 5) is 15.1. The zero-order chi connectivity index (χ0) is 14.7. The molecule has 0 amide bonds. The van der Waals surface area contributed by atoms with Crippen LogP contribution in [0, 0.1) is 10.1 Å². The van der Waals surface area contributed by atoms with Gasteiger partial charge in [0.25, 0.3) is 5.69 Å². The minimum absolute atomic E-state index is 0.0832. The fourth-order valence-corrected chi connectivity index (χ4v) is 2.70. The smallest absolute Gasteiger partial charge is 0.292 e. The van der Waals surface area contributed by atoms with Crippen molar-refractivity contribution in [3.63, 3.8) is 0 Å². The van der Waals surface area contributed by atoms with E-state index in [1.54, 1.807) is 12.1 Å². The van der Waals surface area contributed by atoms with E-state index in [0.29, 0.717) is 17.3 Å². The average molecular weight is 279 g/mol. The molecule has 1 saturated heterocycles. The molecule has 1 aromatic carbocycles. The fraction of sp³-hybridized carbons (Fsp3) is 0.571. The second kappa shape index (κ2) is 6.19. The molecule has 1 aromatic rings. The number of hydrogen-bond acceptors (Lipinski definition) is 5. The number of aliphatic hydroxyl groups is 1. The fourth-order valence-electron chi connectivity index (χ4n) is 2.70. The second-order valence-corrected chi connectivity index (χ2v) is 5.42. The van der Waals surface area contributed by atoms with Crippen LogP contribution < -0.4 is 4.90 Å². The van der Waals surface area contributed by atoms with Crippen LogP contribution in [0.1, 0.15) is 18.4 Å². The van der Waals surface area contributed by atoms with Crippen LogP contribution >= 0.6 is 0 Å². The Morgan fingerprint density at radius 1 is 1.40 bits per heavy atom. The lowest BCUT2D eigenvalue weighted by molar-refractivity contribution is -0.384. The Bertz CT molecular complexity index is 483. The molecule has 6 heteroatoms. The van der Waals surface area contributed by atoms with E-state index in [2.05, 4.69) is 23.9 Å². The maximum atomic E-state index is 11.2. The van der Waals surface area contributed by atoms with E-state index in [4.69, 9.17) is 5.11 Å². The lowest BCUT2D eigenvalue weighted by atomic mass is 10.0. The van der Waals surface area contributed by atoms with Crippen LogP contribution in [0.25, 0.3) is 0 Å². The van der Waals surface area contributed by atoms with Crippen molar-refractivity contribution in [3.05, 3.63) is 33.9 Å². The van der Waals surface area contributed by atoms with Crippen molar-refractivity contribution in [1.82, 2.24) is 4.90 Å². The number of anilines is 1. The van der Waals surface area contributed by atoms with Gasteiger partial charge in [-0.1, -0.05) is 6.07 Å². The Morgan fingerprint density at radius 2 is 2.05 bits per heavy atom. The third-order valence-electron chi connectivity index (χ3n) is 3.95. The molecule has 1 N–H and O–H groups in total. The molecule has 0 unspecified atom stereocenters. The van der Waals surface area contributed by atoms with E-state index in [-0.39, 0.29) is 17.2 Å². The molecule has 0 atom stereocenters. The lowest BCUT2D eigenvalue weighted by Gasteiger charge is -2.36. The predicted molar refractivity (Wildman–Crippen MR) is 77.9 cm³/mol. The van der Waals surface area contributed by atoms with E-state index in [9.17, 15) is 10.1 Å². The van der Waals surface area contributed by atoms with Crippen molar-refractivity contribution < 1.29 is 10.0 Å². The van der Waals surface area contributed by atoms with Crippen LogP contribution in [0.15, 0.2) is 18.2 Å².